The standard InChI is InChI=1S/C15H15BrN2OS/c1-9-4-7-13(20-9)14(16)10-5-6-11-12(8-10)18(3)15(19)17(11)2/h4-8,14H,1-3H3. The van der Waals surface area contributed by atoms with Crippen LogP contribution in [0.2, 0.25) is 0 Å². The molecule has 0 radical (unpaired) electrons. The highest BCUT2D eigenvalue weighted by Gasteiger charge is 2.15. The fourth-order valence-electron chi connectivity index (χ4n) is 2.44. The van der Waals surface area contributed by atoms with Crippen LogP contribution in [0, 0.1) is 6.92 Å². The van der Waals surface area contributed by atoms with Gasteiger partial charge in [0.1, 0.15) is 0 Å². The van der Waals surface area contributed by atoms with Crippen molar-refractivity contribution >= 4 is 38.3 Å². The SMILES string of the molecule is Cc1ccc(C(Br)c2ccc3c(c2)n(C)c(=O)n3C)s1. The number of halogens is 1. The summed E-state index contributed by atoms with van der Waals surface area (Å²) in [5.74, 6) is 0. The van der Waals surface area contributed by atoms with Crippen molar-refractivity contribution in [3.05, 3.63) is 56.1 Å². The second-order valence-corrected chi connectivity index (χ2v) is 7.19. The summed E-state index contributed by atoms with van der Waals surface area (Å²) in [6.45, 7) is 2.11. The maximum absolute atomic E-state index is 12.0. The molecule has 3 rings (SSSR count). The highest BCUT2D eigenvalue weighted by molar-refractivity contribution is 9.09. The second-order valence-electron chi connectivity index (χ2n) is 4.96. The maximum atomic E-state index is 12.0. The first-order chi connectivity index (χ1) is 9.49. The van der Waals surface area contributed by atoms with Crippen molar-refractivity contribution < 1.29 is 0 Å². The number of rotatable bonds is 2. The van der Waals surface area contributed by atoms with Crippen molar-refractivity contribution in [3.63, 3.8) is 0 Å². The number of hydrogen-bond donors (Lipinski definition) is 0. The molecule has 0 aliphatic rings. The van der Waals surface area contributed by atoms with E-state index in [4.69, 9.17) is 0 Å². The topological polar surface area (TPSA) is 26.9 Å². The predicted octanol–water partition coefficient (Wildman–Crippen LogP) is 3.73. The quantitative estimate of drug-likeness (QED) is 0.647. The first kappa shape index (κ1) is 13.6. The molecule has 0 fully saturated rings. The third-order valence-corrected chi connectivity index (χ3v) is 5.99. The van der Waals surface area contributed by atoms with Crippen molar-refractivity contribution in [1.29, 1.82) is 0 Å². The van der Waals surface area contributed by atoms with Crippen LogP contribution in [0.3, 0.4) is 0 Å². The molecule has 3 aromatic rings. The lowest BCUT2D eigenvalue weighted by atomic mass is 10.1. The van der Waals surface area contributed by atoms with E-state index in [9.17, 15) is 4.79 Å². The molecule has 0 N–H and O–H groups in total. The number of thiophene rings is 1. The summed E-state index contributed by atoms with van der Waals surface area (Å²) in [5.41, 5.74) is 3.10. The summed E-state index contributed by atoms with van der Waals surface area (Å²) in [7, 11) is 3.62. The van der Waals surface area contributed by atoms with E-state index >= 15 is 0 Å². The fourth-order valence-corrected chi connectivity index (χ4v) is 4.04. The van der Waals surface area contributed by atoms with Gasteiger partial charge >= 0.3 is 5.69 Å². The molecule has 0 saturated carbocycles. The largest absolute Gasteiger partial charge is 0.328 e. The van der Waals surface area contributed by atoms with E-state index in [1.54, 1.807) is 27.5 Å². The molecular formula is C15H15BrN2OS. The summed E-state index contributed by atoms with van der Waals surface area (Å²) in [6, 6.07) is 10.5. The lowest BCUT2D eigenvalue weighted by Gasteiger charge is -2.08. The molecule has 0 amide bonds. The van der Waals surface area contributed by atoms with E-state index in [0.717, 1.165) is 11.0 Å². The zero-order valence-corrected chi connectivity index (χ0v) is 14.0. The number of nitrogens with zero attached hydrogens (tertiary/aromatic N) is 2. The lowest BCUT2D eigenvalue weighted by molar-refractivity contribution is 0.795. The molecule has 0 spiro atoms. The number of hydrogen-bond acceptors (Lipinski definition) is 2. The monoisotopic (exact) mass is 350 g/mol. The highest BCUT2D eigenvalue weighted by Crippen LogP contribution is 2.36. The van der Waals surface area contributed by atoms with Crippen molar-refractivity contribution in [3.8, 4) is 0 Å². The molecular weight excluding hydrogens is 336 g/mol. The van der Waals surface area contributed by atoms with Gasteiger partial charge in [-0.05, 0) is 36.8 Å². The normalized spacial score (nSPS) is 13.0. The zero-order valence-electron chi connectivity index (χ0n) is 11.6. The van der Waals surface area contributed by atoms with E-state index in [2.05, 4.69) is 47.1 Å². The molecule has 104 valence electrons. The van der Waals surface area contributed by atoms with Crippen LogP contribution in [0.1, 0.15) is 20.1 Å². The molecule has 1 aromatic carbocycles. The molecule has 0 bridgehead atoms. The zero-order chi connectivity index (χ0) is 14.4. The van der Waals surface area contributed by atoms with Crippen LogP contribution in [0.25, 0.3) is 11.0 Å². The number of fused-ring (bicyclic) bond motifs is 1. The van der Waals surface area contributed by atoms with Crippen LogP contribution >= 0.6 is 27.3 Å². The van der Waals surface area contributed by atoms with Gasteiger partial charge in [0.25, 0.3) is 0 Å². The van der Waals surface area contributed by atoms with Gasteiger partial charge in [-0.3, -0.25) is 9.13 Å². The minimum Gasteiger partial charge on any atom is -0.295 e. The Balaban J connectivity index is 2.14. The Morgan fingerprint density at radius 1 is 1.10 bits per heavy atom. The number of aromatic nitrogens is 2. The smallest absolute Gasteiger partial charge is 0.295 e. The van der Waals surface area contributed by atoms with Crippen LogP contribution in [0.5, 0.6) is 0 Å². The average Bonchev–Trinajstić information content (AvgIpc) is 2.97. The predicted molar refractivity (Wildman–Crippen MR) is 88.0 cm³/mol. The van der Waals surface area contributed by atoms with E-state index < -0.39 is 0 Å². The third kappa shape index (κ3) is 2.05. The van der Waals surface area contributed by atoms with Gasteiger partial charge in [0.2, 0.25) is 0 Å². The molecule has 0 aliphatic heterocycles. The Kier molecular flexibility index (Phi) is 3.34. The second kappa shape index (κ2) is 4.90. The van der Waals surface area contributed by atoms with E-state index in [1.807, 2.05) is 13.1 Å². The van der Waals surface area contributed by atoms with Gasteiger partial charge in [-0.2, -0.15) is 0 Å². The first-order valence-electron chi connectivity index (χ1n) is 6.35. The van der Waals surface area contributed by atoms with Crippen LogP contribution < -0.4 is 5.69 Å². The molecule has 5 heteroatoms. The third-order valence-electron chi connectivity index (χ3n) is 3.60. The molecule has 1 atom stereocenters. The Morgan fingerprint density at radius 2 is 1.80 bits per heavy atom. The number of aryl methyl sites for hydroxylation is 3. The Morgan fingerprint density at radius 3 is 2.45 bits per heavy atom. The summed E-state index contributed by atoms with van der Waals surface area (Å²) in [4.78, 5) is 14.7. The molecule has 2 heterocycles. The first-order valence-corrected chi connectivity index (χ1v) is 8.08. The summed E-state index contributed by atoms with van der Waals surface area (Å²) < 4.78 is 3.37. The summed E-state index contributed by atoms with van der Waals surface area (Å²) in [6.07, 6.45) is 0. The molecule has 0 saturated heterocycles. The lowest BCUT2D eigenvalue weighted by Crippen LogP contribution is -2.19. The van der Waals surface area contributed by atoms with Crippen molar-refractivity contribution in [2.45, 2.75) is 11.8 Å². The fraction of sp³-hybridized carbons (Fsp3) is 0.267. The van der Waals surface area contributed by atoms with Crippen molar-refractivity contribution in [2.24, 2.45) is 14.1 Å². The van der Waals surface area contributed by atoms with E-state index in [1.165, 1.54) is 15.3 Å². The maximum Gasteiger partial charge on any atom is 0.328 e. The van der Waals surface area contributed by atoms with Gasteiger partial charge in [-0.25, -0.2) is 4.79 Å². The van der Waals surface area contributed by atoms with Crippen LogP contribution in [0.15, 0.2) is 35.1 Å². The van der Waals surface area contributed by atoms with Gasteiger partial charge in [0.15, 0.2) is 0 Å². The van der Waals surface area contributed by atoms with E-state index in [0.29, 0.717) is 0 Å². The number of alkyl halides is 1. The van der Waals surface area contributed by atoms with Gasteiger partial charge in [0, 0.05) is 23.8 Å². The Labute approximate surface area is 129 Å². The van der Waals surface area contributed by atoms with Gasteiger partial charge in [-0.1, -0.05) is 22.0 Å². The average molecular weight is 351 g/mol. The van der Waals surface area contributed by atoms with Crippen molar-refractivity contribution in [2.75, 3.05) is 0 Å². The van der Waals surface area contributed by atoms with Gasteiger partial charge < -0.3 is 0 Å². The minimum atomic E-state index is 0.00948. The molecule has 20 heavy (non-hydrogen) atoms. The molecule has 1 unspecified atom stereocenters. The van der Waals surface area contributed by atoms with Crippen molar-refractivity contribution in [1.82, 2.24) is 9.13 Å². The van der Waals surface area contributed by atoms with Crippen LogP contribution in [-0.2, 0) is 14.1 Å². The molecule has 2 aromatic heterocycles. The molecule has 0 aliphatic carbocycles. The Bertz CT molecular complexity index is 843. The summed E-state index contributed by atoms with van der Waals surface area (Å²) >= 11 is 5.55. The van der Waals surface area contributed by atoms with Gasteiger partial charge in [-0.15, -0.1) is 11.3 Å². The Hall–Kier alpha value is -1.33. The number of imidazole rings is 1. The summed E-state index contributed by atoms with van der Waals surface area (Å²) in [5, 5.41) is 0. The van der Waals surface area contributed by atoms with Crippen LogP contribution in [-0.4, -0.2) is 9.13 Å². The van der Waals surface area contributed by atoms with E-state index in [-0.39, 0.29) is 10.5 Å². The number of benzene rings is 1. The minimum absolute atomic E-state index is 0.00948. The van der Waals surface area contributed by atoms with Gasteiger partial charge in [0.05, 0.1) is 15.9 Å². The van der Waals surface area contributed by atoms with Crippen LogP contribution in [0.4, 0.5) is 0 Å². The highest BCUT2D eigenvalue weighted by atomic mass is 79.9. The molecule has 3 nitrogen and oxygen atoms in total.